The number of pyridine rings is 1. The summed E-state index contributed by atoms with van der Waals surface area (Å²) >= 11 is 5.94. The average molecular weight is 459 g/mol. The minimum atomic E-state index is 0.000569. The summed E-state index contributed by atoms with van der Waals surface area (Å²) in [4.78, 5) is 7.04. The second kappa shape index (κ2) is 8.94. The van der Waals surface area contributed by atoms with Crippen LogP contribution in [0.1, 0.15) is 84.0 Å². The number of benzene rings is 1. The Morgan fingerprint density at radius 1 is 0.939 bits per heavy atom. The van der Waals surface area contributed by atoms with Crippen LogP contribution in [-0.4, -0.2) is 14.7 Å². The van der Waals surface area contributed by atoms with Crippen molar-refractivity contribution in [1.29, 1.82) is 0 Å². The van der Waals surface area contributed by atoms with Gasteiger partial charge in [0.2, 0.25) is 0 Å². The van der Waals surface area contributed by atoms with E-state index in [0.717, 1.165) is 16.5 Å². The molecule has 0 unspecified atom stereocenters. The largest absolute Gasteiger partial charge is 0.351 e. The predicted octanol–water partition coefficient (Wildman–Crippen LogP) is 6.80. The van der Waals surface area contributed by atoms with E-state index in [-0.39, 0.29) is 12.1 Å². The molecule has 0 amide bonds. The van der Waals surface area contributed by atoms with Crippen LogP contribution in [0.5, 0.6) is 0 Å². The quantitative estimate of drug-likeness (QED) is 0.436. The second-order valence-corrected chi connectivity index (χ2v) is 10.1. The van der Waals surface area contributed by atoms with Crippen LogP contribution >= 0.6 is 12.2 Å². The summed E-state index contributed by atoms with van der Waals surface area (Å²) in [6, 6.07) is 15.9. The highest BCUT2D eigenvalue weighted by Crippen LogP contribution is 2.44. The third-order valence-electron chi connectivity index (χ3n) is 7.65. The summed E-state index contributed by atoms with van der Waals surface area (Å²) in [7, 11) is 0. The van der Waals surface area contributed by atoms with Crippen molar-refractivity contribution in [2.75, 3.05) is 4.90 Å². The van der Waals surface area contributed by atoms with Crippen LogP contribution in [0.4, 0.5) is 5.69 Å². The summed E-state index contributed by atoms with van der Waals surface area (Å²) in [5.41, 5.74) is 8.81. The molecule has 1 aliphatic heterocycles. The fourth-order valence-corrected chi connectivity index (χ4v) is 6.17. The Labute approximate surface area is 203 Å². The Balaban J connectivity index is 1.64. The van der Waals surface area contributed by atoms with Crippen molar-refractivity contribution in [3.8, 4) is 0 Å². The first-order valence-electron chi connectivity index (χ1n) is 12.2. The van der Waals surface area contributed by atoms with E-state index in [9.17, 15) is 0 Å². The molecule has 2 aliphatic rings. The second-order valence-electron chi connectivity index (χ2n) is 9.75. The molecule has 1 N–H and O–H groups in total. The van der Waals surface area contributed by atoms with Gasteiger partial charge in [0.05, 0.1) is 17.8 Å². The van der Waals surface area contributed by atoms with Gasteiger partial charge in [-0.3, -0.25) is 4.98 Å². The van der Waals surface area contributed by atoms with Crippen LogP contribution < -0.4 is 10.2 Å². The fourth-order valence-electron chi connectivity index (χ4n) is 5.83. The van der Waals surface area contributed by atoms with Crippen LogP contribution in [0, 0.1) is 27.7 Å². The minimum absolute atomic E-state index is 0.000569. The summed E-state index contributed by atoms with van der Waals surface area (Å²) in [6.45, 7) is 8.89. The topological polar surface area (TPSA) is 33.1 Å². The van der Waals surface area contributed by atoms with Gasteiger partial charge >= 0.3 is 0 Å². The van der Waals surface area contributed by atoms with Gasteiger partial charge in [0.1, 0.15) is 0 Å². The van der Waals surface area contributed by atoms with Gasteiger partial charge in [-0.05, 0) is 99.8 Å². The van der Waals surface area contributed by atoms with E-state index in [1.165, 1.54) is 60.2 Å². The van der Waals surface area contributed by atoms with Gasteiger partial charge in [0, 0.05) is 29.3 Å². The number of hydrogen-bond donors (Lipinski definition) is 1. The Morgan fingerprint density at radius 2 is 1.73 bits per heavy atom. The van der Waals surface area contributed by atoms with Crippen LogP contribution in [-0.2, 0) is 0 Å². The molecule has 1 saturated carbocycles. The highest BCUT2D eigenvalue weighted by atomic mass is 32.1. The zero-order chi connectivity index (χ0) is 23.1. The molecule has 2 aromatic heterocycles. The van der Waals surface area contributed by atoms with Crippen LogP contribution in [0.25, 0.3) is 0 Å². The lowest BCUT2D eigenvalue weighted by atomic mass is 9.94. The molecule has 1 saturated heterocycles. The van der Waals surface area contributed by atoms with Crippen molar-refractivity contribution in [1.82, 2.24) is 14.9 Å². The Kier molecular flexibility index (Phi) is 6.00. The maximum atomic E-state index is 5.94. The number of rotatable bonds is 4. The number of aromatic nitrogens is 2. The Hall–Kier alpha value is -2.66. The van der Waals surface area contributed by atoms with E-state index in [1.807, 2.05) is 12.3 Å². The monoisotopic (exact) mass is 458 g/mol. The van der Waals surface area contributed by atoms with Crippen LogP contribution in [0.3, 0.4) is 0 Å². The molecule has 2 fully saturated rings. The summed E-state index contributed by atoms with van der Waals surface area (Å²) in [5, 5.41) is 4.39. The molecule has 3 aromatic rings. The molecule has 172 valence electrons. The van der Waals surface area contributed by atoms with Crippen LogP contribution in [0.2, 0.25) is 0 Å². The zero-order valence-electron chi connectivity index (χ0n) is 20.1. The molecule has 33 heavy (non-hydrogen) atoms. The lowest BCUT2D eigenvalue weighted by molar-refractivity contribution is 0.345. The minimum Gasteiger partial charge on any atom is -0.351 e. The summed E-state index contributed by atoms with van der Waals surface area (Å²) in [6.07, 6.45) is 8.46. The first kappa shape index (κ1) is 22.1. The standard InChI is InChI=1S/C28H34N4S/c1-18-13-14-23(16-19(18)2)32-27(26(30-28(32)33)25-12-8-9-15-29-25)24-17-20(3)31(21(24)4)22-10-6-5-7-11-22/h8-9,12-17,22,26-27H,5-7,10-11H2,1-4H3,(H,30,33)/t26-,27-/m0/s1. The number of nitrogens with one attached hydrogen (secondary N) is 1. The molecular formula is C28H34N4S. The molecule has 0 radical (unpaired) electrons. The molecule has 1 aromatic carbocycles. The fraction of sp³-hybridized carbons (Fsp3) is 0.429. The molecule has 5 rings (SSSR count). The number of hydrogen-bond acceptors (Lipinski definition) is 2. The van der Waals surface area contributed by atoms with E-state index in [4.69, 9.17) is 17.2 Å². The van der Waals surface area contributed by atoms with E-state index < -0.39 is 0 Å². The number of anilines is 1. The van der Waals surface area contributed by atoms with Gasteiger partial charge < -0.3 is 14.8 Å². The van der Waals surface area contributed by atoms with Crippen molar-refractivity contribution in [2.45, 2.75) is 77.9 Å². The first-order valence-corrected chi connectivity index (χ1v) is 12.6. The summed E-state index contributed by atoms with van der Waals surface area (Å²) < 4.78 is 2.60. The highest BCUT2D eigenvalue weighted by Gasteiger charge is 2.42. The van der Waals surface area contributed by atoms with Gasteiger partial charge in [0.25, 0.3) is 0 Å². The maximum absolute atomic E-state index is 5.94. The predicted molar refractivity (Wildman–Crippen MR) is 140 cm³/mol. The SMILES string of the molecule is Cc1ccc(N2C(=S)N[C@@H](c3ccccn3)[C@@H]2c2cc(C)n(C3CCCCC3)c2C)cc1C. The Bertz CT molecular complexity index is 1160. The van der Waals surface area contributed by atoms with Gasteiger partial charge in [-0.15, -0.1) is 0 Å². The van der Waals surface area contributed by atoms with E-state index in [2.05, 4.69) is 78.9 Å². The Morgan fingerprint density at radius 3 is 2.42 bits per heavy atom. The molecular weight excluding hydrogens is 424 g/mol. The third-order valence-corrected chi connectivity index (χ3v) is 7.96. The maximum Gasteiger partial charge on any atom is 0.174 e. The van der Waals surface area contributed by atoms with Gasteiger partial charge in [-0.1, -0.05) is 31.4 Å². The normalized spacial score (nSPS) is 21.5. The van der Waals surface area contributed by atoms with E-state index >= 15 is 0 Å². The third kappa shape index (κ3) is 3.97. The van der Waals surface area contributed by atoms with Crippen molar-refractivity contribution < 1.29 is 0 Å². The van der Waals surface area contributed by atoms with Crippen molar-refractivity contribution in [2.24, 2.45) is 0 Å². The van der Waals surface area contributed by atoms with Gasteiger partial charge in [0.15, 0.2) is 5.11 Å². The molecule has 3 heterocycles. The van der Waals surface area contributed by atoms with E-state index in [0.29, 0.717) is 6.04 Å². The lowest BCUT2D eigenvalue weighted by Gasteiger charge is -2.30. The molecule has 0 bridgehead atoms. The molecule has 5 heteroatoms. The molecule has 0 spiro atoms. The van der Waals surface area contributed by atoms with Gasteiger partial charge in [-0.2, -0.15) is 0 Å². The average Bonchev–Trinajstić information content (AvgIpc) is 3.32. The highest BCUT2D eigenvalue weighted by molar-refractivity contribution is 7.80. The van der Waals surface area contributed by atoms with Crippen LogP contribution in [0.15, 0.2) is 48.7 Å². The van der Waals surface area contributed by atoms with Crippen molar-refractivity contribution >= 4 is 23.0 Å². The smallest absolute Gasteiger partial charge is 0.174 e. The number of aryl methyl sites for hydroxylation is 3. The molecule has 2 atom stereocenters. The summed E-state index contributed by atoms with van der Waals surface area (Å²) in [5.74, 6) is 0. The van der Waals surface area contributed by atoms with Crippen molar-refractivity contribution in [3.63, 3.8) is 0 Å². The zero-order valence-corrected chi connectivity index (χ0v) is 21.0. The molecule has 4 nitrogen and oxygen atoms in total. The van der Waals surface area contributed by atoms with Crippen molar-refractivity contribution in [3.05, 3.63) is 82.4 Å². The van der Waals surface area contributed by atoms with Gasteiger partial charge in [-0.25, -0.2) is 0 Å². The lowest BCUT2D eigenvalue weighted by Crippen LogP contribution is -2.29. The first-order chi connectivity index (χ1) is 16.0. The number of thiocarbonyl (C=S) groups is 1. The molecule has 1 aliphatic carbocycles. The number of nitrogens with zero attached hydrogens (tertiary/aromatic N) is 3. The van der Waals surface area contributed by atoms with E-state index in [1.54, 1.807) is 0 Å².